The standard InChI is InChI=1S/C20H23ClN2O4S2/c21-16-3-7-18(8-4-16)28-15-20(24)22-11-14-27-17-5-9-19(10-6-17)29(25,26)23-12-1-2-13-23/h3-10H,1-2,11-15H2,(H,22,24). The molecule has 2 aromatic carbocycles. The Morgan fingerprint density at radius 2 is 1.72 bits per heavy atom. The molecule has 1 saturated heterocycles. The fraction of sp³-hybridized carbons (Fsp3) is 0.350. The molecule has 29 heavy (non-hydrogen) atoms. The number of hydrogen-bond donors (Lipinski definition) is 1. The summed E-state index contributed by atoms with van der Waals surface area (Å²) >= 11 is 7.27. The van der Waals surface area contributed by atoms with Gasteiger partial charge in [-0.15, -0.1) is 11.8 Å². The van der Waals surface area contributed by atoms with Crippen LogP contribution in [0.3, 0.4) is 0 Å². The number of hydrogen-bond acceptors (Lipinski definition) is 5. The molecule has 1 amide bonds. The molecule has 0 radical (unpaired) electrons. The number of nitrogens with zero attached hydrogens (tertiary/aromatic N) is 1. The highest BCUT2D eigenvalue weighted by molar-refractivity contribution is 8.00. The molecule has 3 rings (SSSR count). The molecule has 0 saturated carbocycles. The van der Waals surface area contributed by atoms with Crippen molar-refractivity contribution in [3.63, 3.8) is 0 Å². The van der Waals surface area contributed by atoms with Crippen molar-refractivity contribution in [2.24, 2.45) is 0 Å². The Labute approximate surface area is 180 Å². The third-order valence-electron chi connectivity index (χ3n) is 4.40. The lowest BCUT2D eigenvalue weighted by atomic mass is 10.3. The number of carbonyl (C=O) groups is 1. The van der Waals surface area contributed by atoms with Crippen molar-refractivity contribution in [2.75, 3.05) is 32.0 Å². The van der Waals surface area contributed by atoms with E-state index in [0.717, 1.165) is 17.7 Å². The van der Waals surface area contributed by atoms with Crippen LogP contribution in [0.2, 0.25) is 5.02 Å². The molecule has 0 spiro atoms. The number of amides is 1. The van der Waals surface area contributed by atoms with Crippen LogP contribution in [0.15, 0.2) is 58.3 Å². The molecule has 1 N–H and O–H groups in total. The summed E-state index contributed by atoms with van der Waals surface area (Å²) in [7, 11) is -3.41. The summed E-state index contributed by atoms with van der Waals surface area (Å²) in [5, 5.41) is 3.46. The second-order valence-corrected chi connectivity index (χ2v) is 9.95. The van der Waals surface area contributed by atoms with Crippen molar-refractivity contribution in [1.82, 2.24) is 9.62 Å². The summed E-state index contributed by atoms with van der Waals surface area (Å²) in [5.41, 5.74) is 0. The van der Waals surface area contributed by atoms with Crippen molar-refractivity contribution < 1.29 is 17.9 Å². The van der Waals surface area contributed by atoms with Gasteiger partial charge in [0.1, 0.15) is 12.4 Å². The van der Waals surface area contributed by atoms with E-state index in [4.69, 9.17) is 16.3 Å². The topological polar surface area (TPSA) is 75.7 Å². The summed E-state index contributed by atoms with van der Waals surface area (Å²) in [4.78, 5) is 13.1. The van der Waals surface area contributed by atoms with Crippen molar-refractivity contribution in [1.29, 1.82) is 0 Å². The Hall–Kier alpha value is -1.74. The van der Waals surface area contributed by atoms with E-state index in [2.05, 4.69) is 5.32 Å². The SMILES string of the molecule is O=C(CSc1ccc(Cl)cc1)NCCOc1ccc(S(=O)(=O)N2CCCC2)cc1. The predicted octanol–water partition coefficient (Wildman–Crippen LogP) is 3.41. The molecule has 1 aliphatic rings. The summed E-state index contributed by atoms with van der Waals surface area (Å²) < 4.78 is 32.1. The first-order valence-corrected chi connectivity index (χ1v) is 12.1. The zero-order valence-corrected chi connectivity index (χ0v) is 18.2. The first-order chi connectivity index (χ1) is 13.9. The zero-order chi connectivity index (χ0) is 20.7. The van der Waals surface area contributed by atoms with Crippen LogP contribution in [-0.4, -0.2) is 50.6 Å². The molecule has 9 heteroatoms. The van der Waals surface area contributed by atoms with Crippen LogP contribution in [0.1, 0.15) is 12.8 Å². The highest BCUT2D eigenvalue weighted by Crippen LogP contribution is 2.23. The third-order valence-corrected chi connectivity index (χ3v) is 7.58. The van der Waals surface area contributed by atoms with Gasteiger partial charge in [0.15, 0.2) is 0 Å². The summed E-state index contributed by atoms with van der Waals surface area (Å²) in [6, 6.07) is 13.7. The number of benzene rings is 2. The average molecular weight is 455 g/mol. The van der Waals surface area contributed by atoms with E-state index in [-0.39, 0.29) is 10.8 Å². The molecular formula is C20H23ClN2O4S2. The quantitative estimate of drug-likeness (QED) is 0.464. The van der Waals surface area contributed by atoms with Crippen LogP contribution in [0.25, 0.3) is 0 Å². The van der Waals surface area contributed by atoms with Gasteiger partial charge in [-0.1, -0.05) is 11.6 Å². The van der Waals surface area contributed by atoms with Gasteiger partial charge < -0.3 is 10.1 Å². The highest BCUT2D eigenvalue weighted by Gasteiger charge is 2.26. The van der Waals surface area contributed by atoms with Gasteiger partial charge in [-0.2, -0.15) is 4.31 Å². The van der Waals surface area contributed by atoms with Crippen LogP contribution in [0, 0.1) is 0 Å². The smallest absolute Gasteiger partial charge is 0.243 e. The lowest BCUT2D eigenvalue weighted by Gasteiger charge is -2.15. The Kier molecular flexibility index (Phi) is 7.83. The maximum atomic E-state index is 12.5. The van der Waals surface area contributed by atoms with Gasteiger partial charge in [-0.3, -0.25) is 4.79 Å². The molecule has 0 bridgehead atoms. The second-order valence-electron chi connectivity index (χ2n) is 6.52. The first kappa shape index (κ1) is 22.0. The maximum absolute atomic E-state index is 12.5. The van der Waals surface area contributed by atoms with Gasteiger partial charge in [0, 0.05) is 23.0 Å². The van der Waals surface area contributed by atoms with Crippen LogP contribution in [-0.2, 0) is 14.8 Å². The highest BCUT2D eigenvalue weighted by atomic mass is 35.5. The van der Waals surface area contributed by atoms with E-state index in [0.29, 0.717) is 42.8 Å². The fourth-order valence-corrected chi connectivity index (χ4v) is 5.25. The molecule has 6 nitrogen and oxygen atoms in total. The number of rotatable bonds is 9. The number of thioether (sulfide) groups is 1. The second kappa shape index (κ2) is 10.3. The normalized spacial score (nSPS) is 14.7. The largest absolute Gasteiger partial charge is 0.492 e. The van der Waals surface area contributed by atoms with Crippen LogP contribution in [0.5, 0.6) is 5.75 Å². The molecule has 1 heterocycles. The molecular weight excluding hydrogens is 432 g/mol. The molecule has 0 aromatic heterocycles. The van der Waals surface area contributed by atoms with Gasteiger partial charge in [0.25, 0.3) is 0 Å². The van der Waals surface area contributed by atoms with E-state index >= 15 is 0 Å². The summed E-state index contributed by atoms with van der Waals surface area (Å²) in [6.07, 6.45) is 1.81. The lowest BCUT2D eigenvalue weighted by molar-refractivity contribution is -0.118. The molecule has 2 aromatic rings. The van der Waals surface area contributed by atoms with Crippen LogP contribution in [0.4, 0.5) is 0 Å². The van der Waals surface area contributed by atoms with Crippen LogP contribution >= 0.6 is 23.4 Å². The monoisotopic (exact) mass is 454 g/mol. The maximum Gasteiger partial charge on any atom is 0.243 e. The minimum atomic E-state index is -3.41. The Balaban J connectivity index is 1.38. The summed E-state index contributed by atoms with van der Waals surface area (Å²) in [5.74, 6) is 0.792. The number of halogens is 1. The summed E-state index contributed by atoms with van der Waals surface area (Å²) in [6.45, 7) is 1.83. The average Bonchev–Trinajstić information content (AvgIpc) is 3.27. The zero-order valence-electron chi connectivity index (χ0n) is 15.8. The molecule has 1 fully saturated rings. The molecule has 1 aliphatic heterocycles. The van der Waals surface area contributed by atoms with Gasteiger partial charge in [0.05, 0.1) is 17.2 Å². The van der Waals surface area contributed by atoms with E-state index < -0.39 is 10.0 Å². The first-order valence-electron chi connectivity index (χ1n) is 9.33. The third kappa shape index (κ3) is 6.37. The van der Waals surface area contributed by atoms with Gasteiger partial charge in [0.2, 0.25) is 15.9 Å². The Morgan fingerprint density at radius 1 is 1.07 bits per heavy atom. The van der Waals surface area contributed by atoms with Gasteiger partial charge >= 0.3 is 0 Å². The van der Waals surface area contributed by atoms with Crippen molar-refractivity contribution in [3.05, 3.63) is 53.6 Å². The molecule has 0 aliphatic carbocycles. The number of sulfonamides is 1. The predicted molar refractivity (Wildman–Crippen MR) is 115 cm³/mol. The number of carbonyl (C=O) groups excluding carboxylic acids is 1. The van der Waals surface area contributed by atoms with Gasteiger partial charge in [-0.25, -0.2) is 8.42 Å². The minimum Gasteiger partial charge on any atom is -0.492 e. The van der Waals surface area contributed by atoms with Crippen molar-refractivity contribution in [3.8, 4) is 5.75 Å². The molecule has 0 atom stereocenters. The molecule has 156 valence electrons. The van der Waals surface area contributed by atoms with Crippen molar-refractivity contribution >= 4 is 39.3 Å². The van der Waals surface area contributed by atoms with Crippen LogP contribution < -0.4 is 10.1 Å². The van der Waals surface area contributed by atoms with Crippen molar-refractivity contribution in [2.45, 2.75) is 22.6 Å². The van der Waals surface area contributed by atoms with E-state index in [1.54, 1.807) is 36.4 Å². The minimum absolute atomic E-state index is 0.0828. The van der Waals surface area contributed by atoms with E-state index in [1.807, 2.05) is 12.1 Å². The van der Waals surface area contributed by atoms with Gasteiger partial charge in [-0.05, 0) is 61.4 Å². The number of nitrogens with one attached hydrogen (secondary N) is 1. The number of ether oxygens (including phenoxy) is 1. The van der Waals surface area contributed by atoms with E-state index in [9.17, 15) is 13.2 Å². The lowest BCUT2D eigenvalue weighted by Crippen LogP contribution is -2.29. The Bertz CT molecular complexity index is 913. The Morgan fingerprint density at radius 3 is 2.38 bits per heavy atom. The fourth-order valence-electron chi connectivity index (χ4n) is 2.88. The van der Waals surface area contributed by atoms with E-state index in [1.165, 1.54) is 16.1 Å². The molecule has 0 unspecified atom stereocenters.